The molecule has 2 nitrogen and oxygen atoms in total. The Morgan fingerprint density at radius 3 is 1.82 bits per heavy atom. The van der Waals surface area contributed by atoms with E-state index in [-0.39, 0.29) is 17.5 Å². The Morgan fingerprint density at radius 2 is 1.53 bits per heavy atom. The summed E-state index contributed by atoms with van der Waals surface area (Å²) < 4.78 is 0. The molecular formula is C15H26N2. The van der Waals surface area contributed by atoms with Crippen molar-refractivity contribution >= 4 is 0 Å². The zero-order chi connectivity index (χ0) is 13.2. The molecule has 2 atom stereocenters. The molecule has 0 heterocycles. The zero-order valence-corrected chi connectivity index (χ0v) is 12.0. The Bertz CT molecular complexity index is 336. The van der Waals surface area contributed by atoms with Crippen molar-refractivity contribution in [2.45, 2.75) is 45.2 Å². The van der Waals surface area contributed by atoms with E-state index in [1.54, 1.807) is 0 Å². The lowest BCUT2D eigenvalue weighted by atomic mass is 9.86. The van der Waals surface area contributed by atoms with Gasteiger partial charge in [0.2, 0.25) is 0 Å². The van der Waals surface area contributed by atoms with Crippen LogP contribution in [0, 0.1) is 0 Å². The number of hydrogen-bond acceptors (Lipinski definition) is 2. The fraction of sp³-hybridized carbons (Fsp3) is 0.600. The van der Waals surface area contributed by atoms with Crippen molar-refractivity contribution in [1.29, 1.82) is 0 Å². The molecule has 0 saturated heterocycles. The SMILES string of the molecule is CC(N)C(c1ccc(C(C)(C)C)cc1)N(C)C. The van der Waals surface area contributed by atoms with Gasteiger partial charge in [0.25, 0.3) is 0 Å². The number of hydrogen-bond donors (Lipinski definition) is 1. The van der Waals surface area contributed by atoms with E-state index in [1.807, 2.05) is 0 Å². The van der Waals surface area contributed by atoms with Gasteiger partial charge in [0.15, 0.2) is 0 Å². The molecule has 1 aromatic carbocycles. The van der Waals surface area contributed by atoms with Crippen LogP contribution in [0.4, 0.5) is 0 Å². The van der Waals surface area contributed by atoms with Crippen molar-refractivity contribution < 1.29 is 0 Å². The van der Waals surface area contributed by atoms with E-state index in [1.165, 1.54) is 11.1 Å². The molecule has 0 aliphatic heterocycles. The fourth-order valence-corrected chi connectivity index (χ4v) is 2.25. The first-order valence-corrected chi connectivity index (χ1v) is 6.26. The molecule has 96 valence electrons. The quantitative estimate of drug-likeness (QED) is 0.871. The normalized spacial score (nSPS) is 16.0. The van der Waals surface area contributed by atoms with E-state index in [4.69, 9.17) is 5.73 Å². The molecule has 0 saturated carbocycles. The second-order valence-electron chi connectivity index (χ2n) is 6.14. The van der Waals surface area contributed by atoms with Crippen molar-refractivity contribution in [1.82, 2.24) is 4.90 Å². The van der Waals surface area contributed by atoms with Gasteiger partial charge < -0.3 is 10.6 Å². The number of rotatable bonds is 3. The Balaban J connectivity index is 3.01. The molecule has 2 heteroatoms. The predicted molar refractivity (Wildman–Crippen MR) is 75.2 cm³/mol. The van der Waals surface area contributed by atoms with Crippen molar-refractivity contribution in [2.75, 3.05) is 14.1 Å². The van der Waals surface area contributed by atoms with Gasteiger partial charge >= 0.3 is 0 Å². The van der Waals surface area contributed by atoms with Crippen LogP contribution in [0.5, 0.6) is 0 Å². The third-order valence-electron chi connectivity index (χ3n) is 3.17. The van der Waals surface area contributed by atoms with E-state index in [0.717, 1.165) is 0 Å². The Labute approximate surface area is 106 Å². The molecule has 0 fully saturated rings. The summed E-state index contributed by atoms with van der Waals surface area (Å²) >= 11 is 0. The monoisotopic (exact) mass is 234 g/mol. The van der Waals surface area contributed by atoms with E-state index in [2.05, 4.69) is 71.0 Å². The van der Waals surface area contributed by atoms with Gasteiger partial charge in [-0.2, -0.15) is 0 Å². The Hall–Kier alpha value is -0.860. The third-order valence-corrected chi connectivity index (χ3v) is 3.17. The highest BCUT2D eigenvalue weighted by Gasteiger charge is 2.19. The second-order valence-corrected chi connectivity index (χ2v) is 6.14. The van der Waals surface area contributed by atoms with Gasteiger partial charge in [-0.3, -0.25) is 0 Å². The molecular weight excluding hydrogens is 208 g/mol. The van der Waals surface area contributed by atoms with Crippen molar-refractivity contribution in [3.63, 3.8) is 0 Å². The van der Waals surface area contributed by atoms with Crippen LogP contribution in [-0.2, 0) is 5.41 Å². The van der Waals surface area contributed by atoms with Crippen LogP contribution in [-0.4, -0.2) is 25.0 Å². The summed E-state index contributed by atoms with van der Waals surface area (Å²) in [6.45, 7) is 8.76. The summed E-state index contributed by atoms with van der Waals surface area (Å²) in [6, 6.07) is 9.25. The van der Waals surface area contributed by atoms with Crippen LogP contribution in [0.2, 0.25) is 0 Å². The molecule has 0 bridgehead atoms. The molecule has 0 radical (unpaired) electrons. The van der Waals surface area contributed by atoms with Crippen LogP contribution in [0.1, 0.15) is 44.9 Å². The molecule has 17 heavy (non-hydrogen) atoms. The largest absolute Gasteiger partial charge is 0.326 e. The van der Waals surface area contributed by atoms with E-state index in [0.29, 0.717) is 0 Å². The zero-order valence-electron chi connectivity index (χ0n) is 12.0. The highest BCUT2D eigenvalue weighted by molar-refractivity contribution is 5.29. The number of likely N-dealkylation sites (N-methyl/N-ethyl adjacent to an activating group) is 1. The lowest BCUT2D eigenvalue weighted by Crippen LogP contribution is -2.35. The minimum atomic E-state index is 0.130. The summed E-state index contributed by atoms with van der Waals surface area (Å²) in [5, 5.41) is 0. The smallest absolute Gasteiger partial charge is 0.0491 e. The standard InChI is InChI=1S/C15H26N2/c1-11(16)14(17(5)6)12-7-9-13(10-8-12)15(2,3)4/h7-11,14H,16H2,1-6H3. The van der Waals surface area contributed by atoms with Crippen LogP contribution >= 0.6 is 0 Å². The lowest BCUT2D eigenvalue weighted by molar-refractivity contribution is 0.266. The van der Waals surface area contributed by atoms with Crippen LogP contribution in [0.3, 0.4) is 0 Å². The lowest BCUT2D eigenvalue weighted by Gasteiger charge is -2.29. The first-order chi connectivity index (χ1) is 7.73. The molecule has 0 amide bonds. The average Bonchev–Trinajstić information content (AvgIpc) is 2.15. The summed E-state index contributed by atoms with van der Waals surface area (Å²) in [4.78, 5) is 2.18. The highest BCUT2D eigenvalue weighted by atomic mass is 15.1. The average molecular weight is 234 g/mol. The Kier molecular flexibility index (Phi) is 4.34. The van der Waals surface area contributed by atoms with Gasteiger partial charge in [0, 0.05) is 12.1 Å². The van der Waals surface area contributed by atoms with Crippen LogP contribution in [0.25, 0.3) is 0 Å². The van der Waals surface area contributed by atoms with Crippen LogP contribution in [0.15, 0.2) is 24.3 Å². The van der Waals surface area contributed by atoms with Crippen molar-refractivity contribution in [3.8, 4) is 0 Å². The summed E-state index contributed by atoms with van der Waals surface area (Å²) in [5.41, 5.74) is 8.91. The second kappa shape index (κ2) is 5.19. The molecule has 0 aromatic heterocycles. The molecule has 1 rings (SSSR count). The topological polar surface area (TPSA) is 29.3 Å². The molecule has 0 aliphatic rings. The number of benzene rings is 1. The maximum Gasteiger partial charge on any atom is 0.0491 e. The van der Waals surface area contributed by atoms with E-state index in [9.17, 15) is 0 Å². The number of nitrogens with two attached hydrogens (primary N) is 1. The van der Waals surface area contributed by atoms with Gasteiger partial charge in [-0.25, -0.2) is 0 Å². The minimum absolute atomic E-state index is 0.130. The summed E-state index contributed by atoms with van der Waals surface area (Å²) in [5.74, 6) is 0. The van der Waals surface area contributed by atoms with E-state index < -0.39 is 0 Å². The number of nitrogens with zero attached hydrogens (tertiary/aromatic N) is 1. The maximum absolute atomic E-state index is 6.05. The Morgan fingerprint density at radius 1 is 1.06 bits per heavy atom. The van der Waals surface area contributed by atoms with Gasteiger partial charge in [0.05, 0.1) is 0 Å². The molecule has 2 N–H and O–H groups in total. The minimum Gasteiger partial charge on any atom is -0.326 e. The highest BCUT2D eigenvalue weighted by Crippen LogP contribution is 2.26. The van der Waals surface area contributed by atoms with Gasteiger partial charge in [0.1, 0.15) is 0 Å². The van der Waals surface area contributed by atoms with Crippen molar-refractivity contribution in [3.05, 3.63) is 35.4 Å². The van der Waals surface area contributed by atoms with Gasteiger partial charge in [-0.05, 0) is 37.6 Å². The summed E-state index contributed by atoms with van der Waals surface area (Å²) in [7, 11) is 4.15. The van der Waals surface area contributed by atoms with E-state index >= 15 is 0 Å². The molecule has 2 unspecified atom stereocenters. The van der Waals surface area contributed by atoms with Crippen molar-refractivity contribution in [2.24, 2.45) is 5.73 Å². The first-order valence-electron chi connectivity index (χ1n) is 6.26. The van der Waals surface area contributed by atoms with Gasteiger partial charge in [-0.1, -0.05) is 45.0 Å². The molecule has 0 spiro atoms. The maximum atomic E-state index is 6.05. The summed E-state index contributed by atoms with van der Waals surface area (Å²) in [6.07, 6.45) is 0. The fourth-order valence-electron chi connectivity index (χ4n) is 2.25. The third kappa shape index (κ3) is 3.55. The molecule has 0 aliphatic carbocycles. The van der Waals surface area contributed by atoms with Crippen LogP contribution < -0.4 is 5.73 Å². The molecule has 1 aromatic rings. The van der Waals surface area contributed by atoms with Gasteiger partial charge in [-0.15, -0.1) is 0 Å². The predicted octanol–water partition coefficient (Wildman–Crippen LogP) is 2.93. The first kappa shape index (κ1) is 14.2.